The maximum absolute atomic E-state index is 13.2. The number of aromatic nitrogens is 2. The van der Waals surface area contributed by atoms with E-state index in [-0.39, 0.29) is 5.56 Å². The van der Waals surface area contributed by atoms with Crippen molar-refractivity contribution in [1.29, 1.82) is 0 Å². The number of aryl methyl sites for hydroxylation is 1. The van der Waals surface area contributed by atoms with E-state index in [2.05, 4.69) is 41.9 Å². The average molecular weight is 634 g/mol. The number of rotatable bonds is 9. The fraction of sp³-hybridized carbons (Fsp3) is 0.222. The summed E-state index contributed by atoms with van der Waals surface area (Å²) in [6.45, 7) is 4.71. The van der Waals surface area contributed by atoms with Gasteiger partial charge < -0.3 is 9.47 Å². The predicted molar refractivity (Wildman–Crippen MR) is 152 cm³/mol. The fourth-order valence-electron chi connectivity index (χ4n) is 3.63. The molecule has 0 spiro atoms. The van der Waals surface area contributed by atoms with Crippen molar-refractivity contribution in [1.82, 2.24) is 9.66 Å². The Balaban J connectivity index is 1.68. The van der Waals surface area contributed by atoms with E-state index in [1.807, 2.05) is 50.2 Å². The summed E-state index contributed by atoms with van der Waals surface area (Å²) in [6.07, 6.45) is 3.03. The van der Waals surface area contributed by atoms with Crippen LogP contribution in [0.25, 0.3) is 10.9 Å². The topological polar surface area (TPSA) is 65.7 Å². The van der Waals surface area contributed by atoms with Crippen LogP contribution in [0.3, 0.4) is 0 Å². The minimum Gasteiger partial charge on any atom is -0.490 e. The van der Waals surface area contributed by atoms with Crippen molar-refractivity contribution in [2.45, 2.75) is 33.3 Å². The summed E-state index contributed by atoms with van der Waals surface area (Å²) in [5, 5.41) is 5.37. The zero-order chi connectivity index (χ0) is 25.7. The molecule has 0 saturated carbocycles. The molecule has 36 heavy (non-hydrogen) atoms. The van der Waals surface area contributed by atoms with E-state index in [9.17, 15) is 4.79 Å². The van der Waals surface area contributed by atoms with Gasteiger partial charge in [-0.3, -0.25) is 4.79 Å². The first-order valence-corrected chi connectivity index (χ1v) is 13.4. The van der Waals surface area contributed by atoms with Crippen LogP contribution in [0.15, 0.2) is 73.4 Å². The minimum atomic E-state index is -0.230. The summed E-state index contributed by atoms with van der Waals surface area (Å²) in [4.78, 5) is 17.9. The number of hydrogen-bond acceptors (Lipinski definition) is 5. The van der Waals surface area contributed by atoms with Gasteiger partial charge in [0, 0.05) is 15.4 Å². The van der Waals surface area contributed by atoms with Crippen LogP contribution in [0.2, 0.25) is 5.02 Å². The summed E-state index contributed by atoms with van der Waals surface area (Å²) in [6, 6.07) is 16.9. The Morgan fingerprint density at radius 3 is 2.50 bits per heavy atom. The molecule has 0 bridgehead atoms. The standard InChI is InChI=1S/C27H24Br2ClN3O3/c1-3-5-25-32-23-11-10-20(29)14-21(23)27(34)33(25)31-15-18-12-22(30)26(24(13-18)35-4-2)36-16-17-6-8-19(28)9-7-17/h6-15H,3-5,16H2,1-2H3. The molecule has 6 nitrogen and oxygen atoms in total. The lowest BCUT2D eigenvalue weighted by molar-refractivity contribution is 0.269. The first-order valence-electron chi connectivity index (χ1n) is 11.5. The third-order valence-electron chi connectivity index (χ3n) is 5.30. The number of benzene rings is 3. The fourth-order valence-corrected chi connectivity index (χ4v) is 4.52. The minimum absolute atomic E-state index is 0.230. The van der Waals surface area contributed by atoms with Crippen LogP contribution in [0.4, 0.5) is 0 Å². The molecule has 0 N–H and O–H groups in total. The van der Waals surface area contributed by atoms with Crippen molar-refractivity contribution in [3.8, 4) is 11.5 Å². The number of fused-ring (bicyclic) bond motifs is 1. The molecule has 0 aliphatic carbocycles. The van der Waals surface area contributed by atoms with E-state index < -0.39 is 0 Å². The molecule has 0 aliphatic heterocycles. The summed E-state index contributed by atoms with van der Waals surface area (Å²) in [7, 11) is 0. The maximum atomic E-state index is 13.2. The van der Waals surface area contributed by atoms with E-state index in [1.165, 1.54) is 4.68 Å². The summed E-state index contributed by atoms with van der Waals surface area (Å²) in [5.41, 5.74) is 2.09. The molecule has 0 aliphatic rings. The van der Waals surface area contributed by atoms with Gasteiger partial charge >= 0.3 is 0 Å². The van der Waals surface area contributed by atoms with E-state index >= 15 is 0 Å². The molecule has 4 aromatic rings. The second-order valence-electron chi connectivity index (χ2n) is 7.98. The van der Waals surface area contributed by atoms with Gasteiger partial charge in [-0.05, 0) is 66.9 Å². The van der Waals surface area contributed by atoms with Crippen LogP contribution in [0.1, 0.15) is 37.2 Å². The summed E-state index contributed by atoms with van der Waals surface area (Å²) >= 11 is 13.5. The molecule has 3 aromatic carbocycles. The van der Waals surface area contributed by atoms with Crippen LogP contribution in [0.5, 0.6) is 11.5 Å². The van der Waals surface area contributed by atoms with Gasteiger partial charge in [-0.2, -0.15) is 9.78 Å². The first-order chi connectivity index (χ1) is 17.4. The summed E-state index contributed by atoms with van der Waals surface area (Å²) < 4.78 is 15.0. The normalized spacial score (nSPS) is 11.4. The van der Waals surface area contributed by atoms with Gasteiger partial charge in [0.1, 0.15) is 12.4 Å². The second kappa shape index (κ2) is 12.0. The van der Waals surface area contributed by atoms with Crippen molar-refractivity contribution in [2.24, 2.45) is 5.10 Å². The van der Waals surface area contributed by atoms with Crippen LogP contribution < -0.4 is 15.0 Å². The molecular weight excluding hydrogens is 610 g/mol. The molecule has 0 amide bonds. The van der Waals surface area contributed by atoms with Crippen molar-refractivity contribution < 1.29 is 9.47 Å². The predicted octanol–water partition coefficient (Wildman–Crippen LogP) is 7.39. The van der Waals surface area contributed by atoms with Crippen molar-refractivity contribution in [3.05, 3.63) is 95.9 Å². The molecule has 9 heteroatoms. The lowest BCUT2D eigenvalue weighted by Crippen LogP contribution is -2.22. The van der Waals surface area contributed by atoms with Crippen molar-refractivity contribution >= 4 is 60.6 Å². The Kier molecular flexibility index (Phi) is 8.82. The van der Waals surface area contributed by atoms with E-state index in [1.54, 1.807) is 24.4 Å². The third kappa shape index (κ3) is 6.17. The average Bonchev–Trinajstić information content (AvgIpc) is 2.85. The Morgan fingerprint density at radius 1 is 1.03 bits per heavy atom. The number of halogens is 3. The van der Waals surface area contributed by atoms with E-state index in [0.29, 0.717) is 58.4 Å². The number of ether oxygens (including phenoxy) is 2. The van der Waals surface area contributed by atoms with Crippen LogP contribution in [-0.4, -0.2) is 22.5 Å². The third-order valence-corrected chi connectivity index (χ3v) is 6.60. The van der Waals surface area contributed by atoms with Gasteiger partial charge in [0.15, 0.2) is 11.5 Å². The lowest BCUT2D eigenvalue weighted by Gasteiger charge is -2.14. The summed E-state index contributed by atoms with van der Waals surface area (Å²) in [5.74, 6) is 1.56. The molecule has 186 valence electrons. The number of hydrogen-bond donors (Lipinski definition) is 0. The highest BCUT2D eigenvalue weighted by atomic mass is 79.9. The van der Waals surface area contributed by atoms with Crippen LogP contribution in [0, 0.1) is 0 Å². The zero-order valence-corrected chi connectivity index (χ0v) is 23.7. The van der Waals surface area contributed by atoms with Gasteiger partial charge in [0.05, 0.1) is 28.7 Å². The monoisotopic (exact) mass is 631 g/mol. The van der Waals surface area contributed by atoms with E-state index in [0.717, 1.165) is 20.9 Å². The molecule has 0 radical (unpaired) electrons. The smallest absolute Gasteiger partial charge is 0.282 e. The largest absolute Gasteiger partial charge is 0.490 e. The number of nitrogens with zero attached hydrogens (tertiary/aromatic N) is 3. The lowest BCUT2D eigenvalue weighted by atomic mass is 10.2. The van der Waals surface area contributed by atoms with Crippen LogP contribution >= 0.6 is 43.5 Å². The molecule has 1 aromatic heterocycles. The Morgan fingerprint density at radius 2 is 1.78 bits per heavy atom. The van der Waals surface area contributed by atoms with Crippen molar-refractivity contribution in [3.63, 3.8) is 0 Å². The molecule has 0 unspecified atom stereocenters. The first kappa shape index (κ1) is 26.4. The van der Waals surface area contributed by atoms with Gasteiger partial charge in [-0.25, -0.2) is 4.98 Å². The highest BCUT2D eigenvalue weighted by Crippen LogP contribution is 2.37. The molecule has 1 heterocycles. The SMILES string of the molecule is CCCc1nc2ccc(Br)cc2c(=O)n1N=Cc1cc(Cl)c(OCc2ccc(Br)cc2)c(OCC)c1. The van der Waals surface area contributed by atoms with Crippen molar-refractivity contribution in [2.75, 3.05) is 6.61 Å². The van der Waals surface area contributed by atoms with Crippen LogP contribution in [-0.2, 0) is 13.0 Å². The Labute approximate surface area is 231 Å². The highest BCUT2D eigenvalue weighted by molar-refractivity contribution is 9.10. The quantitative estimate of drug-likeness (QED) is 0.180. The second-order valence-corrected chi connectivity index (χ2v) is 10.2. The van der Waals surface area contributed by atoms with E-state index in [4.69, 9.17) is 21.1 Å². The van der Waals surface area contributed by atoms with Gasteiger partial charge in [-0.1, -0.05) is 62.5 Å². The maximum Gasteiger partial charge on any atom is 0.282 e. The highest BCUT2D eigenvalue weighted by Gasteiger charge is 2.14. The van der Waals surface area contributed by atoms with Gasteiger partial charge in [0.25, 0.3) is 5.56 Å². The van der Waals surface area contributed by atoms with Gasteiger partial charge in [0.2, 0.25) is 0 Å². The molecule has 0 atom stereocenters. The molecule has 4 rings (SSSR count). The zero-order valence-electron chi connectivity index (χ0n) is 19.8. The van der Waals surface area contributed by atoms with Gasteiger partial charge in [-0.15, -0.1) is 0 Å². The molecular formula is C27H24Br2ClN3O3. The Hall–Kier alpha value is -2.68. The molecule has 0 fully saturated rings. The Bertz CT molecular complexity index is 1470. The molecule has 0 saturated heterocycles.